The third-order valence-electron chi connectivity index (χ3n) is 2.99. The fourth-order valence-corrected chi connectivity index (χ4v) is 2.97. The molecule has 1 aromatic carbocycles. The van der Waals surface area contributed by atoms with Crippen molar-refractivity contribution in [1.82, 2.24) is 9.62 Å². The van der Waals surface area contributed by atoms with Crippen molar-refractivity contribution in [2.24, 2.45) is 0 Å². The molecule has 0 aromatic heterocycles. The molecule has 0 aliphatic heterocycles. The summed E-state index contributed by atoms with van der Waals surface area (Å²) in [7, 11) is -1.75. The fraction of sp³-hybridized carbons (Fsp3) is 0.500. The molecule has 8 heteroatoms. The molecule has 0 heterocycles. The van der Waals surface area contributed by atoms with Crippen molar-refractivity contribution in [1.29, 1.82) is 0 Å². The van der Waals surface area contributed by atoms with Gasteiger partial charge in [-0.05, 0) is 18.6 Å². The smallest absolute Gasteiger partial charge is 0.252 e. The van der Waals surface area contributed by atoms with Crippen molar-refractivity contribution in [2.75, 3.05) is 39.6 Å². The van der Waals surface area contributed by atoms with Crippen LogP contribution in [0.5, 0.6) is 0 Å². The molecule has 0 saturated carbocycles. The molecule has 0 radical (unpaired) electrons. The van der Waals surface area contributed by atoms with Gasteiger partial charge in [0.05, 0.1) is 16.8 Å². The first-order valence-corrected chi connectivity index (χ1v) is 9.05. The van der Waals surface area contributed by atoms with Crippen LogP contribution in [0.3, 0.4) is 0 Å². The van der Waals surface area contributed by atoms with Gasteiger partial charge in [-0.2, -0.15) is 0 Å². The van der Waals surface area contributed by atoms with Gasteiger partial charge in [-0.25, -0.2) is 12.7 Å². The highest BCUT2D eigenvalue weighted by atomic mass is 35.5. The highest BCUT2D eigenvalue weighted by molar-refractivity contribution is 7.88. The Hall–Kier alpha value is -1.15. The van der Waals surface area contributed by atoms with E-state index in [1.807, 2.05) is 0 Å². The maximum atomic E-state index is 12.0. The van der Waals surface area contributed by atoms with Gasteiger partial charge in [-0.3, -0.25) is 4.79 Å². The standard InChI is InChI=1S/C14H21ClN2O4S/c1-21-11-5-9-17(22(2,19)20)10-8-16-14(18)12-6-3-4-7-13(12)15/h3-4,6-7H,5,8-11H2,1-2H3,(H,16,18). The van der Waals surface area contributed by atoms with E-state index in [-0.39, 0.29) is 19.0 Å². The van der Waals surface area contributed by atoms with E-state index in [1.54, 1.807) is 31.4 Å². The van der Waals surface area contributed by atoms with Crippen LogP contribution in [-0.2, 0) is 14.8 Å². The molecule has 0 spiro atoms. The minimum absolute atomic E-state index is 0.207. The molecule has 6 nitrogen and oxygen atoms in total. The van der Waals surface area contributed by atoms with Crippen molar-refractivity contribution < 1.29 is 17.9 Å². The number of methoxy groups -OCH3 is 1. The summed E-state index contributed by atoms with van der Waals surface area (Å²) in [6.45, 7) is 1.26. The van der Waals surface area contributed by atoms with Gasteiger partial charge in [0.25, 0.3) is 5.91 Å². The molecule has 124 valence electrons. The zero-order valence-electron chi connectivity index (χ0n) is 12.7. The predicted molar refractivity (Wildman–Crippen MR) is 86.7 cm³/mol. The Balaban J connectivity index is 2.52. The third-order valence-corrected chi connectivity index (χ3v) is 4.62. The Morgan fingerprint density at radius 3 is 2.59 bits per heavy atom. The molecule has 0 bridgehead atoms. The third kappa shape index (κ3) is 6.31. The second-order valence-electron chi connectivity index (χ2n) is 4.74. The van der Waals surface area contributed by atoms with E-state index in [1.165, 1.54) is 4.31 Å². The van der Waals surface area contributed by atoms with Gasteiger partial charge in [-0.15, -0.1) is 0 Å². The zero-order chi connectivity index (χ0) is 16.6. The van der Waals surface area contributed by atoms with Gasteiger partial charge in [0, 0.05) is 33.4 Å². The number of carbonyl (C=O) groups is 1. The summed E-state index contributed by atoms with van der Waals surface area (Å²) < 4.78 is 29.6. The molecule has 1 aromatic rings. The van der Waals surface area contributed by atoms with Crippen molar-refractivity contribution in [3.05, 3.63) is 34.9 Å². The molecule has 0 aliphatic rings. The number of carbonyl (C=O) groups excluding carboxylic acids is 1. The topological polar surface area (TPSA) is 75.7 Å². The minimum Gasteiger partial charge on any atom is -0.385 e. The maximum Gasteiger partial charge on any atom is 0.252 e. The number of halogens is 1. The first-order chi connectivity index (χ1) is 10.4. The maximum absolute atomic E-state index is 12.0. The van der Waals surface area contributed by atoms with Gasteiger partial charge >= 0.3 is 0 Å². The van der Waals surface area contributed by atoms with Gasteiger partial charge in [0.2, 0.25) is 10.0 Å². The lowest BCUT2D eigenvalue weighted by molar-refractivity contribution is 0.0951. The summed E-state index contributed by atoms with van der Waals surface area (Å²) in [4.78, 5) is 12.0. The molecular formula is C14H21ClN2O4S. The Kier molecular flexibility index (Phi) is 7.81. The molecule has 22 heavy (non-hydrogen) atoms. The van der Waals surface area contributed by atoms with Crippen LogP contribution in [0.2, 0.25) is 5.02 Å². The Labute approximate surface area is 136 Å². The number of nitrogens with one attached hydrogen (secondary N) is 1. The van der Waals surface area contributed by atoms with E-state index in [0.717, 1.165) is 6.26 Å². The van der Waals surface area contributed by atoms with E-state index in [4.69, 9.17) is 16.3 Å². The number of ether oxygens (including phenoxy) is 1. The van der Waals surface area contributed by atoms with Crippen LogP contribution in [-0.4, -0.2) is 58.2 Å². The molecule has 0 unspecified atom stereocenters. The van der Waals surface area contributed by atoms with Crippen molar-refractivity contribution in [3.63, 3.8) is 0 Å². The number of nitrogens with zero attached hydrogens (tertiary/aromatic N) is 1. The number of sulfonamides is 1. The molecule has 0 aliphatic carbocycles. The summed E-state index contributed by atoms with van der Waals surface area (Å²) in [5.41, 5.74) is 0.370. The van der Waals surface area contributed by atoms with E-state index in [2.05, 4.69) is 5.32 Å². The molecule has 1 N–H and O–H groups in total. The van der Waals surface area contributed by atoms with Gasteiger partial charge in [-0.1, -0.05) is 23.7 Å². The van der Waals surface area contributed by atoms with Crippen LogP contribution in [0.25, 0.3) is 0 Å². The van der Waals surface area contributed by atoms with Crippen LogP contribution in [0.1, 0.15) is 16.8 Å². The van der Waals surface area contributed by atoms with E-state index >= 15 is 0 Å². The summed E-state index contributed by atoms with van der Waals surface area (Å²) >= 11 is 5.94. The predicted octanol–water partition coefficient (Wildman–Crippen LogP) is 1.37. The molecule has 1 rings (SSSR count). The number of hydrogen-bond acceptors (Lipinski definition) is 4. The van der Waals surface area contributed by atoms with Crippen LogP contribution < -0.4 is 5.32 Å². The van der Waals surface area contributed by atoms with Crippen LogP contribution in [0, 0.1) is 0 Å². The van der Waals surface area contributed by atoms with Crippen molar-refractivity contribution in [2.45, 2.75) is 6.42 Å². The quantitative estimate of drug-likeness (QED) is 0.684. The lowest BCUT2D eigenvalue weighted by Crippen LogP contribution is -2.38. The summed E-state index contributed by atoms with van der Waals surface area (Å²) in [6, 6.07) is 6.70. The fourth-order valence-electron chi connectivity index (χ4n) is 1.86. The minimum atomic E-state index is -3.32. The number of amides is 1. The van der Waals surface area contributed by atoms with Crippen molar-refractivity contribution in [3.8, 4) is 0 Å². The number of hydrogen-bond donors (Lipinski definition) is 1. The first kappa shape index (κ1) is 18.9. The molecular weight excluding hydrogens is 328 g/mol. The van der Waals surface area contributed by atoms with Crippen LogP contribution >= 0.6 is 11.6 Å². The van der Waals surface area contributed by atoms with Crippen LogP contribution in [0.15, 0.2) is 24.3 Å². The summed E-state index contributed by atoms with van der Waals surface area (Å²) in [5.74, 6) is -0.323. The number of rotatable bonds is 9. The zero-order valence-corrected chi connectivity index (χ0v) is 14.3. The number of benzene rings is 1. The molecule has 0 saturated heterocycles. The summed E-state index contributed by atoms with van der Waals surface area (Å²) in [5, 5.41) is 3.03. The Morgan fingerprint density at radius 2 is 2.00 bits per heavy atom. The Bertz CT molecular complexity index is 592. The van der Waals surface area contributed by atoms with Gasteiger partial charge < -0.3 is 10.1 Å². The van der Waals surface area contributed by atoms with Crippen LogP contribution in [0.4, 0.5) is 0 Å². The van der Waals surface area contributed by atoms with E-state index in [0.29, 0.717) is 30.2 Å². The first-order valence-electron chi connectivity index (χ1n) is 6.83. The highest BCUT2D eigenvalue weighted by Crippen LogP contribution is 2.14. The normalized spacial score (nSPS) is 11.6. The SMILES string of the molecule is COCCCN(CCNC(=O)c1ccccc1Cl)S(C)(=O)=O. The monoisotopic (exact) mass is 348 g/mol. The van der Waals surface area contributed by atoms with Gasteiger partial charge in [0.1, 0.15) is 0 Å². The molecule has 0 fully saturated rings. The second kappa shape index (κ2) is 9.09. The molecule has 0 atom stereocenters. The average molecular weight is 349 g/mol. The van der Waals surface area contributed by atoms with E-state index in [9.17, 15) is 13.2 Å². The second-order valence-corrected chi connectivity index (χ2v) is 7.13. The Morgan fingerprint density at radius 1 is 1.32 bits per heavy atom. The van der Waals surface area contributed by atoms with Gasteiger partial charge in [0.15, 0.2) is 0 Å². The molecule has 1 amide bonds. The van der Waals surface area contributed by atoms with Crippen molar-refractivity contribution >= 4 is 27.5 Å². The summed E-state index contributed by atoms with van der Waals surface area (Å²) in [6.07, 6.45) is 1.75. The largest absolute Gasteiger partial charge is 0.385 e. The highest BCUT2D eigenvalue weighted by Gasteiger charge is 2.16. The lowest BCUT2D eigenvalue weighted by atomic mass is 10.2. The van der Waals surface area contributed by atoms with E-state index < -0.39 is 10.0 Å². The average Bonchev–Trinajstić information content (AvgIpc) is 2.45. The lowest BCUT2D eigenvalue weighted by Gasteiger charge is -2.20.